The van der Waals surface area contributed by atoms with Crippen LogP contribution < -0.4 is 5.32 Å². The largest absolute Gasteiger partial charge is 0.343 e. The van der Waals surface area contributed by atoms with Gasteiger partial charge in [0.1, 0.15) is 0 Å². The maximum atomic E-state index is 4.46. The zero-order valence-electron chi connectivity index (χ0n) is 9.48. The molecule has 0 aromatic carbocycles. The zero-order valence-corrected chi connectivity index (χ0v) is 9.48. The summed E-state index contributed by atoms with van der Waals surface area (Å²) in [5.74, 6) is 0. The quantitative estimate of drug-likeness (QED) is 0.821. The van der Waals surface area contributed by atoms with Crippen molar-refractivity contribution in [2.45, 2.75) is 6.42 Å². The van der Waals surface area contributed by atoms with E-state index in [9.17, 15) is 0 Å². The molecular weight excluding hydrogens is 212 g/mol. The van der Waals surface area contributed by atoms with E-state index in [0.29, 0.717) is 0 Å². The van der Waals surface area contributed by atoms with Gasteiger partial charge in [0, 0.05) is 12.7 Å². The highest BCUT2D eigenvalue weighted by molar-refractivity contribution is 5.67. The van der Waals surface area contributed by atoms with Gasteiger partial charge in [0.2, 0.25) is 0 Å². The summed E-state index contributed by atoms with van der Waals surface area (Å²) in [4.78, 5) is 11.5. The van der Waals surface area contributed by atoms with E-state index >= 15 is 0 Å². The Labute approximate surface area is 99.8 Å². The third-order valence-electron chi connectivity index (χ3n) is 2.97. The minimum Gasteiger partial charge on any atom is -0.343 e. The molecule has 0 unspecified atom stereocenters. The van der Waals surface area contributed by atoms with Crippen LogP contribution in [0.2, 0.25) is 0 Å². The maximum absolute atomic E-state index is 4.46. The molecule has 0 spiro atoms. The molecule has 4 nitrogen and oxygen atoms in total. The Bertz CT molecular complexity index is 511. The minimum absolute atomic E-state index is 0.931. The molecule has 0 aliphatic carbocycles. The Morgan fingerprint density at radius 1 is 1.18 bits per heavy atom. The fourth-order valence-electron chi connectivity index (χ4n) is 2.02. The van der Waals surface area contributed by atoms with Crippen LogP contribution in [0.1, 0.15) is 12.0 Å². The summed E-state index contributed by atoms with van der Waals surface area (Å²) in [5.41, 5.74) is 4.49. The van der Waals surface area contributed by atoms with Crippen LogP contribution in [0.4, 0.5) is 0 Å². The average molecular weight is 226 g/mol. The Balaban J connectivity index is 1.87. The Morgan fingerprint density at radius 3 is 2.82 bits per heavy atom. The van der Waals surface area contributed by atoms with Gasteiger partial charge in [-0.2, -0.15) is 0 Å². The number of rotatable bonds is 2. The van der Waals surface area contributed by atoms with Gasteiger partial charge in [-0.05, 0) is 30.2 Å². The predicted octanol–water partition coefficient (Wildman–Crippen LogP) is 1.85. The van der Waals surface area contributed by atoms with Gasteiger partial charge in [-0.15, -0.1) is 0 Å². The van der Waals surface area contributed by atoms with Crippen molar-refractivity contribution >= 4 is 5.57 Å². The van der Waals surface area contributed by atoms with E-state index in [1.165, 1.54) is 11.1 Å². The van der Waals surface area contributed by atoms with Gasteiger partial charge in [-0.3, -0.25) is 4.98 Å². The average Bonchev–Trinajstić information content (AvgIpc) is 2.94. The Morgan fingerprint density at radius 2 is 2.18 bits per heavy atom. The monoisotopic (exact) mass is 226 g/mol. The molecule has 0 amide bonds. The van der Waals surface area contributed by atoms with E-state index in [2.05, 4.69) is 32.4 Å². The fourth-order valence-corrected chi connectivity index (χ4v) is 2.02. The lowest BCUT2D eigenvalue weighted by atomic mass is 10.0. The molecule has 4 heteroatoms. The second-order valence-electron chi connectivity index (χ2n) is 4.08. The third kappa shape index (κ3) is 2.12. The van der Waals surface area contributed by atoms with E-state index in [4.69, 9.17) is 0 Å². The number of aromatic amines is 1. The van der Waals surface area contributed by atoms with Crippen LogP contribution in [0.5, 0.6) is 0 Å². The van der Waals surface area contributed by atoms with E-state index in [0.717, 1.165) is 30.9 Å². The van der Waals surface area contributed by atoms with Gasteiger partial charge in [0.25, 0.3) is 0 Å². The molecular formula is C13H14N4. The SMILES string of the molecule is C1=C(c2ccc(-c3cnc[nH]3)nc2)CCNC1. The van der Waals surface area contributed by atoms with Crippen LogP contribution in [0.15, 0.2) is 36.9 Å². The van der Waals surface area contributed by atoms with Gasteiger partial charge >= 0.3 is 0 Å². The van der Waals surface area contributed by atoms with Gasteiger partial charge in [-0.25, -0.2) is 4.98 Å². The highest BCUT2D eigenvalue weighted by Crippen LogP contribution is 2.21. The number of H-pyrrole nitrogens is 1. The summed E-state index contributed by atoms with van der Waals surface area (Å²) in [6, 6.07) is 4.16. The first-order chi connectivity index (χ1) is 8.43. The van der Waals surface area contributed by atoms with Gasteiger partial charge < -0.3 is 10.3 Å². The lowest BCUT2D eigenvalue weighted by Crippen LogP contribution is -2.20. The van der Waals surface area contributed by atoms with Crippen molar-refractivity contribution in [1.82, 2.24) is 20.3 Å². The normalized spacial score (nSPS) is 15.6. The standard InChI is InChI=1S/C13H14N4/c1-2-12(13-8-15-9-17-13)16-7-11(1)10-3-5-14-6-4-10/h1-3,7-9,14H,4-6H2,(H,15,17). The smallest absolute Gasteiger partial charge is 0.0924 e. The maximum Gasteiger partial charge on any atom is 0.0924 e. The summed E-state index contributed by atoms with van der Waals surface area (Å²) in [7, 11) is 0. The third-order valence-corrected chi connectivity index (χ3v) is 2.97. The fraction of sp³-hybridized carbons (Fsp3) is 0.231. The second-order valence-corrected chi connectivity index (χ2v) is 4.08. The van der Waals surface area contributed by atoms with Crippen molar-refractivity contribution in [2.75, 3.05) is 13.1 Å². The molecule has 0 radical (unpaired) electrons. The molecule has 2 aromatic rings. The van der Waals surface area contributed by atoms with Gasteiger partial charge in [-0.1, -0.05) is 12.1 Å². The molecule has 3 heterocycles. The topological polar surface area (TPSA) is 53.6 Å². The summed E-state index contributed by atoms with van der Waals surface area (Å²) >= 11 is 0. The number of hydrogen-bond acceptors (Lipinski definition) is 3. The molecule has 86 valence electrons. The van der Waals surface area contributed by atoms with Crippen molar-refractivity contribution in [3.63, 3.8) is 0 Å². The predicted molar refractivity (Wildman–Crippen MR) is 67.3 cm³/mol. The van der Waals surface area contributed by atoms with E-state index in [1.54, 1.807) is 12.5 Å². The molecule has 0 saturated heterocycles. The number of hydrogen-bond donors (Lipinski definition) is 2. The molecule has 2 N–H and O–H groups in total. The highest BCUT2D eigenvalue weighted by Gasteiger charge is 2.07. The number of pyridine rings is 1. The molecule has 2 aromatic heterocycles. The zero-order chi connectivity index (χ0) is 11.5. The molecule has 1 aliphatic heterocycles. The van der Waals surface area contributed by atoms with E-state index < -0.39 is 0 Å². The number of nitrogens with zero attached hydrogens (tertiary/aromatic N) is 2. The van der Waals surface area contributed by atoms with E-state index in [-0.39, 0.29) is 0 Å². The van der Waals surface area contributed by atoms with Crippen molar-refractivity contribution in [2.24, 2.45) is 0 Å². The minimum atomic E-state index is 0.931. The van der Waals surface area contributed by atoms with Crippen LogP contribution in [0, 0.1) is 0 Å². The number of imidazole rings is 1. The molecule has 0 atom stereocenters. The van der Waals surface area contributed by atoms with Crippen molar-refractivity contribution < 1.29 is 0 Å². The Hall–Kier alpha value is -1.94. The van der Waals surface area contributed by atoms with Crippen LogP contribution in [0.25, 0.3) is 17.0 Å². The summed E-state index contributed by atoms with van der Waals surface area (Å²) in [6.07, 6.45) is 8.70. The van der Waals surface area contributed by atoms with Crippen LogP contribution in [0.3, 0.4) is 0 Å². The summed E-state index contributed by atoms with van der Waals surface area (Å²) in [6.45, 7) is 2.01. The van der Waals surface area contributed by atoms with Crippen LogP contribution in [-0.2, 0) is 0 Å². The van der Waals surface area contributed by atoms with Crippen molar-refractivity contribution in [3.05, 3.63) is 42.5 Å². The molecule has 0 fully saturated rings. The van der Waals surface area contributed by atoms with E-state index in [1.807, 2.05) is 12.3 Å². The lowest BCUT2D eigenvalue weighted by molar-refractivity contribution is 0.738. The van der Waals surface area contributed by atoms with Crippen molar-refractivity contribution in [3.8, 4) is 11.4 Å². The first kappa shape index (κ1) is 10.2. The Kier molecular flexibility index (Phi) is 2.71. The first-order valence-corrected chi connectivity index (χ1v) is 5.78. The molecule has 17 heavy (non-hydrogen) atoms. The van der Waals surface area contributed by atoms with Crippen molar-refractivity contribution in [1.29, 1.82) is 0 Å². The first-order valence-electron chi connectivity index (χ1n) is 5.78. The molecule has 1 aliphatic rings. The lowest BCUT2D eigenvalue weighted by Gasteiger charge is -2.13. The molecule has 3 rings (SSSR count). The molecule has 0 bridgehead atoms. The molecule has 0 saturated carbocycles. The number of nitrogens with one attached hydrogen (secondary N) is 2. The van der Waals surface area contributed by atoms with Crippen LogP contribution in [-0.4, -0.2) is 28.0 Å². The van der Waals surface area contributed by atoms with Crippen LogP contribution >= 0.6 is 0 Å². The second kappa shape index (κ2) is 4.51. The summed E-state index contributed by atoms with van der Waals surface area (Å²) in [5, 5.41) is 3.31. The van der Waals surface area contributed by atoms with Gasteiger partial charge in [0.05, 0.1) is 23.9 Å². The highest BCUT2D eigenvalue weighted by atomic mass is 14.9. The van der Waals surface area contributed by atoms with Gasteiger partial charge in [0.15, 0.2) is 0 Å². The summed E-state index contributed by atoms with van der Waals surface area (Å²) < 4.78 is 0. The number of aromatic nitrogens is 3.